The second-order valence-electron chi connectivity index (χ2n) is 7.88. The lowest BCUT2D eigenvalue weighted by atomic mass is 10.0. The van der Waals surface area contributed by atoms with Crippen LogP contribution in [0, 0.1) is 0 Å². The van der Waals surface area contributed by atoms with Crippen LogP contribution in [-0.2, 0) is 11.3 Å². The number of fused-ring (bicyclic) bond motifs is 1. The van der Waals surface area contributed by atoms with E-state index in [4.69, 9.17) is 9.47 Å². The number of hydrogen-bond donors (Lipinski definition) is 0. The first kappa shape index (κ1) is 19.4. The van der Waals surface area contributed by atoms with Crippen molar-refractivity contribution < 1.29 is 14.3 Å². The Morgan fingerprint density at radius 1 is 1.10 bits per heavy atom. The first-order valence-electron chi connectivity index (χ1n) is 10.7. The van der Waals surface area contributed by atoms with Crippen LogP contribution in [0.5, 0.6) is 11.5 Å². The van der Waals surface area contributed by atoms with Crippen LogP contribution in [0.25, 0.3) is 6.08 Å². The van der Waals surface area contributed by atoms with Crippen molar-refractivity contribution in [3.05, 3.63) is 83.7 Å². The lowest BCUT2D eigenvalue weighted by Crippen LogP contribution is -2.29. The summed E-state index contributed by atoms with van der Waals surface area (Å²) in [6.45, 7) is 2.61. The van der Waals surface area contributed by atoms with Gasteiger partial charge in [-0.05, 0) is 42.2 Å². The third kappa shape index (κ3) is 4.33. The SMILES string of the molecule is O=C(/C=C/c1cnn(Cc2ccccc2)c1)N1CCC[C@@H]1c1ccc2c(c1)OCCO2. The van der Waals surface area contributed by atoms with E-state index in [-0.39, 0.29) is 11.9 Å². The van der Waals surface area contributed by atoms with Crippen LogP contribution in [0.4, 0.5) is 0 Å². The predicted octanol–water partition coefficient (Wildman–Crippen LogP) is 4.08. The molecule has 0 saturated carbocycles. The molecule has 2 aromatic carbocycles. The normalized spacial score (nSPS) is 17.9. The molecule has 1 amide bonds. The van der Waals surface area contributed by atoms with Gasteiger partial charge >= 0.3 is 0 Å². The molecule has 1 saturated heterocycles. The van der Waals surface area contributed by atoms with Gasteiger partial charge in [-0.3, -0.25) is 9.48 Å². The molecule has 0 radical (unpaired) electrons. The molecule has 6 heteroatoms. The van der Waals surface area contributed by atoms with Crippen molar-refractivity contribution in [3.8, 4) is 11.5 Å². The molecule has 5 rings (SSSR count). The number of aromatic nitrogens is 2. The Morgan fingerprint density at radius 3 is 2.81 bits per heavy atom. The molecule has 2 aliphatic rings. The van der Waals surface area contributed by atoms with E-state index in [9.17, 15) is 4.79 Å². The molecule has 0 aliphatic carbocycles. The Labute approximate surface area is 181 Å². The van der Waals surface area contributed by atoms with Gasteiger partial charge in [0.15, 0.2) is 11.5 Å². The van der Waals surface area contributed by atoms with E-state index in [2.05, 4.69) is 17.2 Å². The molecule has 31 heavy (non-hydrogen) atoms. The Bertz CT molecular complexity index is 1090. The number of rotatable bonds is 5. The van der Waals surface area contributed by atoms with Gasteiger partial charge in [0.25, 0.3) is 0 Å². The lowest BCUT2D eigenvalue weighted by molar-refractivity contribution is -0.126. The number of ether oxygens (including phenoxy) is 2. The second-order valence-corrected chi connectivity index (χ2v) is 7.88. The topological polar surface area (TPSA) is 56.6 Å². The fourth-order valence-corrected chi connectivity index (χ4v) is 4.23. The van der Waals surface area contributed by atoms with Crippen LogP contribution < -0.4 is 9.47 Å². The Kier molecular flexibility index (Phi) is 5.44. The lowest BCUT2D eigenvalue weighted by Gasteiger charge is -2.26. The summed E-state index contributed by atoms with van der Waals surface area (Å²) < 4.78 is 13.2. The van der Waals surface area contributed by atoms with Crippen LogP contribution in [0.2, 0.25) is 0 Å². The number of carbonyl (C=O) groups excluding carboxylic acids is 1. The van der Waals surface area contributed by atoms with Crippen LogP contribution in [0.1, 0.15) is 35.6 Å². The van der Waals surface area contributed by atoms with Crippen molar-refractivity contribution >= 4 is 12.0 Å². The highest BCUT2D eigenvalue weighted by Gasteiger charge is 2.29. The minimum absolute atomic E-state index is 0.0215. The molecule has 2 aliphatic heterocycles. The van der Waals surface area contributed by atoms with Crippen LogP contribution >= 0.6 is 0 Å². The van der Waals surface area contributed by atoms with Gasteiger partial charge in [-0.1, -0.05) is 36.4 Å². The van der Waals surface area contributed by atoms with Crippen LogP contribution in [-0.4, -0.2) is 40.3 Å². The fourth-order valence-electron chi connectivity index (χ4n) is 4.23. The van der Waals surface area contributed by atoms with Crippen molar-refractivity contribution in [3.63, 3.8) is 0 Å². The summed E-state index contributed by atoms with van der Waals surface area (Å²) in [5, 5.41) is 4.41. The summed E-state index contributed by atoms with van der Waals surface area (Å²) >= 11 is 0. The molecule has 1 aromatic heterocycles. The molecule has 3 aromatic rings. The Balaban J connectivity index is 1.26. The molecule has 0 N–H and O–H groups in total. The van der Waals surface area contributed by atoms with E-state index in [1.807, 2.05) is 58.3 Å². The number of carbonyl (C=O) groups is 1. The zero-order valence-corrected chi connectivity index (χ0v) is 17.3. The highest BCUT2D eigenvalue weighted by atomic mass is 16.6. The van der Waals surface area contributed by atoms with Crippen LogP contribution in [0.3, 0.4) is 0 Å². The van der Waals surface area contributed by atoms with E-state index in [0.29, 0.717) is 19.8 Å². The predicted molar refractivity (Wildman–Crippen MR) is 118 cm³/mol. The average molecular weight is 415 g/mol. The summed E-state index contributed by atoms with van der Waals surface area (Å²) in [6, 6.07) is 16.3. The minimum atomic E-state index is 0.0215. The zero-order valence-electron chi connectivity index (χ0n) is 17.3. The maximum absolute atomic E-state index is 12.9. The molecule has 3 heterocycles. The average Bonchev–Trinajstić information content (AvgIpc) is 3.48. The zero-order chi connectivity index (χ0) is 21.0. The van der Waals surface area contributed by atoms with Gasteiger partial charge in [-0.2, -0.15) is 5.10 Å². The smallest absolute Gasteiger partial charge is 0.247 e. The quantitative estimate of drug-likeness (QED) is 0.589. The van der Waals surface area contributed by atoms with Crippen molar-refractivity contribution in [1.29, 1.82) is 0 Å². The standard InChI is InChI=1S/C25H25N3O3/c29-25(11-8-20-16-26-27(18-20)17-19-5-2-1-3-6-19)28-12-4-7-22(28)21-9-10-23-24(15-21)31-14-13-30-23/h1-3,5-6,8-11,15-16,18,22H,4,7,12-14,17H2/b11-8+/t22-/m1/s1. The summed E-state index contributed by atoms with van der Waals surface area (Å²) in [5.74, 6) is 1.57. The van der Waals surface area contributed by atoms with Gasteiger partial charge in [-0.15, -0.1) is 0 Å². The monoisotopic (exact) mass is 415 g/mol. The fraction of sp³-hybridized carbons (Fsp3) is 0.280. The first-order chi connectivity index (χ1) is 15.3. The molecule has 1 atom stereocenters. The molecule has 0 unspecified atom stereocenters. The molecule has 6 nitrogen and oxygen atoms in total. The minimum Gasteiger partial charge on any atom is -0.486 e. The van der Waals surface area contributed by atoms with Crippen LogP contribution in [0.15, 0.2) is 67.0 Å². The van der Waals surface area contributed by atoms with Gasteiger partial charge in [0.2, 0.25) is 5.91 Å². The molecular weight excluding hydrogens is 390 g/mol. The highest BCUT2D eigenvalue weighted by molar-refractivity contribution is 5.92. The molecule has 158 valence electrons. The first-order valence-corrected chi connectivity index (χ1v) is 10.7. The van der Waals surface area contributed by atoms with E-state index in [1.165, 1.54) is 5.56 Å². The van der Waals surface area contributed by atoms with Gasteiger partial charge in [0, 0.05) is 24.4 Å². The second kappa shape index (κ2) is 8.68. The summed E-state index contributed by atoms with van der Waals surface area (Å²) in [4.78, 5) is 14.9. The highest BCUT2D eigenvalue weighted by Crippen LogP contribution is 2.38. The maximum Gasteiger partial charge on any atom is 0.247 e. The molecule has 0 bridgehead atoms. The number of benzene rings is 2. The summed E-state index contributed by atoms with van der Waals surface area (Å²) in [7, 11) is 0. The summed E-state index contributed by atoms with van der Waals surface area (Å²) in [6.07, 6.45) is 9.19. The van der Waals surface area contributed by atoms with E-state index < -0.39 is 0 Å². The van der Waals surface area contributed by atoms with E-state index in [0.717, 1.165) is 42.0 Å². The van der Waals surface area contributed by atoms with Gasteiger partial charge in [0.1, 0.15) is 13.2 Å². The number of likely N-dealkylation sites (tertiary alicyclic amines) is 1. The van der Waals surface area contributed by atoms with Crippen molar-refractivity contribution in [2.45, 2.75) is 25.4 Å². The Hall–Kier alpha value is -3.54. The van der Waals surface area contributed by atoms with Gasteiger partial charge in [0.05, 0.1) is 18.8 Å². The van der Waals surface area contributed by atoms with Gasteiger partial charge in [-0.25, -0.2) is 0 Å². The largest absolute Gasteiger partial charge is 0.486 e. The third-order valence-electron chi connectivity index (χ3n) is 5.75. The Morgan fingerprint density at radius 2 is 1.94 bits per heavy atom. The number of hydrogen-bond acceptors (Lipinski definition) is 4. The van der Waals surface area contributed by atoms with Crippen molar-refractivity contribution in [2.24, 2.45) is 0 Å². The number of amides is 1. The van der Waals surface area contributed by atoms with Crippen molar-refractivity contribution in [1.82, 2.24) is 14.7 Å². The molecule has 0 spiro atoms. The summed E-state index contributed by atoms with van der Waals surface area (Å²) in [5.41, 5.74) is 3.20. The number of nitrogens with zero attached hydrogens (tertiary/aromatic N) is 3. The maximum atomic E-state index is 12.9. The van der Waals surface area contributed by atoms with E-state index in [1.54, 1.807) is 12.3 Å². The third-order valence-corrected chi connectivity index (χ3v) is 5.75. The molecular formula is C25H25N3O3. The van der Waals surface area contributed by atoms with Gasteiger partial charge < -0.3 is 14.4 Å². The molecule has 1 fully saturated rings. The van der Waals surface area contributed by atoms with Crippen molar-refractivity contribution in [2.75, 3.05) is 19.8 Å². The van der Waals surface area contributed by atoms with E-state index >= 15 is 0 Å².